The number of carboxylic acid groups (broad SMARTS) is 2. The molecule has 0 bridgehead atoms. The van der Waals surface area contributed by atoms with E-state index in [0.717, 1.165) is 13.8 Å². The molecule has 2 aliphatic rings. The Labute approximate surface area is 239 Å². The summed E-state index contributed by atoms with van der Waals surface area (Å²) in [7, 11) is 0. The topological polar surface area (TPSA) is 317 Å². The SMILES string of the molecule is CC(=O)N[C@H]1[C@@H](OC(C)C(N)C(=O)O)O[C@H](CO[C@]2(C(=O)O)C[C@H](O)[C@@H](NC(C)=O)[C@H]([C@H](O)[C@H](O)CO)O2)[C@H](O)[C@@H]1O. The van der Waals surface area contributed by atoms with Crippen LogP contribution in [0.4, 0.5) is 0 Å². The summed E-state index contributed by atoms with van der Waals surface area (Å²) in [4.78, 5) is 47.0. The molecular formula is C23H39N3O16. The highest BCUT2D eigenvalue weighted by molar-refractivity contribution is 5.76. The van der Waals surface area contributed by atoms with Gasteiger partial charge in [-0.05, 0) is 6.92 Å². The molecule has 0 aromatic rings. The second kappa shape index (κ2) is 14.8. The molecule has 2 fully saturated rings. The van der Waals surface area contributed by atoms with Gasteiger partial charge in [0.05, 0.1) is 31.5 Å². The smallest absolute Gasteiger partial charge is 0.364 e. The second-order valence-corrected chi connectivity index (χ2v) is 10.1. The molecule has 2 aliphatic heterocycles. The number of ether oxygens (including phenoxy) is 4. The van der Waals surface area contributed by atoms with Crippen LogP contribution in [0.25, 0.3) is 0 Å². The Kier molecular flexibility index (Phi) is 12.5. The molecule has 2 unspecified atom stereocenters. The van der Waals surface area contributed by atoms with Crippen molar-refractivity contribution in [2.24, 2.45) is 5.73 Å². The number of nitrogens with one attached hydrogen (secondary N) is 2. The summed E-state index contributed by atoms with van der Waals surface area (Å²) in [5.74, 6) is -7.44. The minimum atomic E-state index is -2.78. The molecule has 19 nitrogen and oxygen atoms in total. The number of nitrogens with two attached hydrogens (primary N) is 1. The fourth-order valence-electron chi connectivity index (χ4n) is 4.56. The second-order valence-electron chi connectivity index (χ2n) is 10.1. The van der Waals surface area contributed by atoms with Crippen LogP contribution in [0.1, 0.15) is 27.2 Å². The Morgan fingerprint density at radius 2 is 1.60 bits per heavy atom. The summed E-state index contributed by atoms with van der Waals surface area (Å²) in [5.41, 5.74) is 5.56. The highest BCUT2D eigenvalue weighted by Crippen LogP contribution is 2.35. The number of hydrogen-bond donors (Lipinski definition) is 11. The van der Waals surface area contributed by atoms with E-state index >= 15 is 0 Å². The maximum absolute atomic E-state index is 12.4. The highest BCUT2D eigenvalue weighted by Gasteiger charge is 2.57. The summed E-state index contributed by atoms with van der Waals surface area (Å²) < 4.78 is 22.1. The van der Waals surface area contributed by atoms with Gasteiger partial charge in [-0.15, -0.1) is 0 Å². The van der Waals surface area contributed by atoms with Crippen molar-refractivity contribution in [3.63, 3.8) is 0 Å². The Morgan fingerprint density at radius 3 is 2.10 bits per heavy atom. The first kappa shape index (κ1) is 35.6. The Bertz CT molecular complexity index is 972. The molecule has 2 rings (SSSR count). The molecule has 12 N–H and O–H groups in total. The van der Waals surface area contributed by atoms with Crippen LogP contribution in [0.5, 0.6) is 0 Å². The first-order valence-corrected chi connectivity index (χ1v) is 12.9. The van der Waals surface area contributed by atoms with Gasteiger partial charge in [-0.1, -0.05) is 0 Å². The monoisotopic (exact) mass is 613 g/mol. The van der Waals surface area contributed by atoms with E-state index in [1.807, 2.05) is 0 Å². The molecule has 0 aromatic heterocycles. The van der Waals surface area contributed by atoms with Gasteiger partial charge in [0.25, 0.3) is 5.79 Å². The van der Waals surface area contributed by atoms with Crippen molar-refractivity contribution < 1.29 is 79.0 Å². The Balaban J connectivity index is 2.34. The summed E-state index contributed by atoms with van der Waals surface area (Å²) in [6, 6.07) is -4.45. The van der Waals surface area contributed by atoms with Gasteiger partial charge in [0.2, 0.25) is 11.8 Å². The number of aliphatic carboxylic acids is 2. The van der Waals surface area contributed by atoms with Gasteiger partial charge in [0.1, 0.15) is 48.7 Å². The van der Waals surface area contributed by atoms with Crippen LogP contribution in [0, 0.1) is 0 Å². The zero-order chi connectivity index (χ0) is 32.1. The average molecular weight is 614 g/mol. The normalized spacial score (nSPS) is 36.2. The Morgan fingerprint density at radius 1 is 1.02 bits per heavy atom. The highest BCUT2D eigenvalue weighted by atomic mass is 16.7. The third kappa shape index (κ3) is 8.29. The number of hydrogen-bond acceptors (Lipinski definition) is 15. The molecule has 42 heavy (non-hydrogen) atoms. The fourth-order valence-corrected chi connectivity index (χ4v) is 4.56. The van der Waals surface area contributed by atoms with Crippen molar-refractivity contribution in [3.05, 3.63) is 0 Å². The number of aliphatic hydroxyl groups is 6. The molecule has 2 heterocycles. The lowest BCUT2D eigenvalue weighted by molar-refractivity contribution is -0.332. The lowest BCUT2D eigenvalue weighted by Crippen LogP contribution is -2.69. The van der Waals surface area contributed by atoms with Crippen LogP contribution < -0.4 is 16.4 Å². The van der Waals surface area contributed by atoms with E-state index in [4.69, 9.17) is 29.8 Å². The third-order valence-electron chi connectivity index (χ3n) is 6.88. The van der Waals surface area contributed by atoms with Crippen molar-refractivity contribution in [2.75, 3.05) is 13.2 Å². The number of carbonyl (C=O) groups is 4. The number of aliphatic hydroxyl groups excluding tert-OH is 6. The van der Waals surface area contributed by atoms with E-state index in [2.05, 4.69) is 10.6 Å². The van der Waals surface area contributed by atoms with E-state index in [9.17, 15) is 54.9 Å². The van der Waals surface area contributed by atoms with Crippen LogP contribution in [-0.2, 0) is 38.1 Å². The average Bonchev–Trinajstić information content (AvgIpc) is 2.91. The van der Waals surface area contributed by atoms with Crippen LogP contribution in [-0.4, -0.2) is 157 Å². The van der Waals surface area contributed by atoms with Gasteiger partial charge in [-0.25, -0.2) is 4.79 Å². The van der Waals surface area contributed by atoms with Gasteiger partial charge in [-0.3, -0.25) is 14.4 Å². The van der Waals surface area contributed by atoms with E-state index in [0.29, 0.717) is 0 Å². The summed E-state index contributed by atoms with van der Waals surface area (Å²) in [5, 5.41) is 85.6. The molecule has 0 saturated carbocycles. The quantitative estimate of drug-likeness (QED) is 0.0920. The number of rotatable bonds is 13. The molecule has 0 aliphatic carbocycles. The molecule has 0 aromatic carbocycles. The van der Waals surface area contributed by atoms with Crippen molar-refractivity contribution in [2.45, 2.75) is 106 Å². The third-order valence-corrected chi connectivity index (χ3v) is 6.88. The minimum Gasteiger partial charge on any atom is -0.480 e. The maximum atomic E-state index is 12.4. The van der Waals surface area contributed by atoms with E-state index in [1.165, 1.54) is 6.92 Å². The summed E-state index contributed by atoms with van der Waals surface area (Å²) in [6.45, 7) is 1.54. The van der Waals surface area contributed by atoms with Gasteiger partial charge in [0, 0.05) is 20.3 Å². The van der Waals surface area contributed by atoms with Gasteiger partial charge < -0.3 is 76.2 Å². The van der Waals surface area contributed by atoms with Gasteiger partial charge in [0.15, 0.2) is 6.29 Å². The molecule has 2 amide bonds. The standard InChI is InChI=1S/C23H39N3O16/c1-7(13(24)20(35)36)40-21-15(26-9(3)29)18(34)17(33)12(41-21)6-39-23(22(37)38)4-10(30)14(25-8(2)28)19(42-23)16(32)11(31)5-27/h7,10-19,21,27,30-34H,4-6,24H2,1-3H3,(H,25,28)(H,26,29)(H,35,36)(H,37,38)/t7?,10-,11+,12+,13?,14+,15+,16+,17-,18+,19+,21-,23+/m0/s1. The number of carbonyl (C=O) groups excluding carboxylic acids is 2. The molecule has 19 heteroatoms. The molecule has 0 radical (unpaired) electrons. The first-order valence-electron chi connectivity index (χ1n) is 12.9. The first-order chi connectivity index (χ1) is 19.4. The van der Waals surface area contributed by atoms with Crippen molar-refractivity contribution >= 4 is 23.8 Å². The lowest BCUT2D eigenvalue weighted by Gasteiger charge is -2.48. The van der Waals surface area contributed by atoms with Crippen LogP contribution in [0.3, 0.4) is 0 Å². The van der Waals surface area contributed by atoms with E-state index in [1.54, 1.807) is 0 Å². The van der Waals surface area contributed by atoms with Crippen molar-refractivity contribution in [3.8, 4) is 0 Å². The van der Waals surface area contributed by atoms with Gasteiger partial charge in [-0.2, -0.15) is 0 Å². The molecule has 13 atom stereocenters. The summed E-state index contributed by atoms with van der Waals surface area (Å²) >= 11 is 0. The number of amides is 2. The van der Waals surface area contributed by atoms with Crippen LogP contribution in [0.2, 0.25) is 0 Å². The zero-order valence-corrected chi connectivity index (χ0v) is 23.0. The lowest BCUT2D eigenvalue weighted by atomic mass is 9.88. The summed E-state index contributed by atoms with van der Waals surface area (Å²) in [6.07, 6.45) is -16.5. The predicted molar refractivity (Wildman–Crippen MR) is 133 cm³/mol. The maximum Gasteiger partial charge on any atom is 0.364 e. The molecule has 242 valence electrons. The molecule has 0 spiro atoms. The van der Waals surface area contributed by atoms with E-state index < -0.39 is 122 Å². The zero-order valence-electron chi connectivity index (χ0n) is 23.0. The van der Waals surface area contributed by atoms with Crippen molar-refractivity contribution in [1.82, 2.24) is 10.6 Å². The van der Waals surface area contributed by atoms with Gasteiger partial charge >= 0.3 is 11.9 Å². The fraction of sp³-hybridized carbons (Fsp3) is 0.826. The molecule has 2 saturated heterocycles. The largest absolute Gasteiger partial charge is 0.480 e. The van der Waals surface area contributed by atoms with Crippen molar-refractivity contribution in [1.29, 1.82) is 0 Å². The van der Waals surface area contributed by atoms with Crippen LogP contribution >= 0.6 is 0 Å². The number of carboxylic acids is 2. The van der Waals surface area contributed by atoms with E-state index in [-0.39, 0.29) is 0 Å². The predicted octanol–water partition coefficient (Wildman–Crippen LogP) is -6.08. The Hall–Kier alpha value is -2.56. The van der Waals surface area contributed by atoms with Crippen LogP contribution in [0.15, 0.2) is 0 Å². The minimum absolute atomic E-state index is 0.675. The molecular weight excluding hydrogens is 574 g/mol.